The van der Waals surface area contributed by atoms with E-state index in [2.05, 4.69) is 33.0 Å². The molecule has 2 atom stereocenters. The number of amides is 1. The minimum atomic E-state index is 0.189. The van der Waals surface area contributed by atoms with Gasteiger partial charge in [-0.1, -0.05) is 27.7 Å². The highest BCUT2D eigenvalue weighted by Gasteiger charge is 2.29. The number of rotatable bonds is 0. The van der Waals surface area contributed by atoms with Crippen LogP contribution in [-0.4, -0.2) is 11.9 Å². The van der Waals surface area contributed by atoms with E-state index in [9.17, 15) is 4.79 Å². The fraction of sp³-hybridized carbons (Fsp3) is 0.909. The van der Waals surface area contributed by atoms with Crippen molar-refractivity contribution in [2.45, 2.75) is 53.0 Å². The van der Waals surface area contributed by atoms with E-state index < -0.39 is 0 Å². The van der Waals surface area contributed by atoms with Gasteiger partial charge in [0.1, 0.15) is 0 Å². The van der Waals surface area contributed by atoms with Gasteiger partial charge in [0.05, 0.1) is 0 Å². The Bertz CT molecular complexity index is 193. The summed E-state index contributed by atoms with van der Waals surface area (Å²) in [7, 11) is 0. The van der Waals surface area contributed by atoms with Crippen LogP contribution in [-0.2, 0) is 4.79 Å². The second-order valence-electron chi connectivity index (χ2n) is 5.37. The lowest BCUT2D eigenvalue weighted by molar-refractivity contribution is -0.122. The fourth-order valence-corrected chi connectivity index (χ4v) is 1.79. The highest BCUT2D eigenvalue weighted by atomic mass is 16.1. The van der Waals surface area contributed by atoms with Gasteiger partial charge in [-0.15, -0.1) is 0 Å². The van der Waals surface area contributed by atoms with E-state index in [0.717, 1.165) is 12.8 Å². The summed E-state index contributed by atoms with van der Waals surface area (Å²) in [6, 6.07) is 0.345. The smallest absolute Gasteiger partial charge is 0.220 e. The number of nitrogens with one attached hydrogen (secondary N) is 1. The summed E-state index contributed by atoms with van der Waals surface area (Å²) in [4.78, 5) is 11.4. The third kappa shape index (κ3) is 3.02. The molecule has 0 aromatic carbocycles. The molecule has 0 spiro atoms. The highest BCUT2D eigenvalue weighted by Crippen LogP contribution is 2.28. The molecule has 1 aliphatic heterocycles. The van der Waals surface area contributed by atoms with Crippen molar-refractivity contribution in [1.29, 1.82) is 0 Å². The summed E-state index contributed by atoms with van der Waals surface area (Å²) in [5.41, 5.74) is 0.189. The molecule has 13 heavy (non-hydrogen) atoms. The lowest BCUT2D eigenvalue weighted by Gasteiger charge is -2.31. The van der Waals surface area contributed by atoms with Gasteiger partial charge in [-0.05, 0) is 24.2 Å². The molecule has 1 N–H and O–H groups in total. The molecule has 1 saturated heterocycles. The molecule has 0 radical (unpaired) electrons. The maximum atomic E-state index is 11.4. The Morgan fingerprint density at radius 3 is 2.54 bits per heavy atom. The van der Waals surface area contributed by atoms with Crippen LogP contribution in [0.5, 0.6) is 0 Å². The van der Waals surface area contributed by atoms with Gasteiger partial charge >= 0.3 is 0 Å². The van der Waals surface area contributed by atoms with Gasteiger partial charge in [0.15, 0.2) is 0 Å². The van der Waals surface area contributed by atoms with Crippen molar-refractivity contribution in [2.24, 2.45) is 11.3 Å². The molecule has 0 bridgehead atoms. The number of carbonyl (C=O) groups excluding carboxylic acids is 1. The van der Waals surface area contributed by atoms with Crippen molar-refractivity contribution >= 4 is 5.91 Å². The molecule has 1 heterocycles. The average Bonchev–Trinajstić information content (AvgIpc) is 2.12. The molecule has 0 aliphatic carbocycles. The molecule has 1 fully saturated rings. The van der Waals surface area contributed by atoms with Crippen molar-refractivity contribution < 1.29 is 4.79 Å². The van der Waals surface area contributed by atoms with Gasteiger partial charge in [-0.25, -0.2) is 0 Å². The van der Waals surface area contributed by atoms with Crippen LogP contribution in [0.25, 0.3) is 0 Å². The Balaban J connectivity index is 2.67. The lowest BCUT2D eigenvalue weighted by Crippen LogP contribution is -2.42. The van der Waals surface area contributed by atoms with Crippen molar-refractivity contribution in [3.05, 3.63) is 0 Å². The second kappa shape index (κ2) is 3.69. The van der Waals surface area contributed by atoms with Gasteiger partial charge in [0, 0.05) is 12.5 Å². The van der Waals surface area contributed by atoms with Crippen molar-refractivity contribution in [3.8, 4) is 0 Å². The summed E-state index contributed by atoms with van der Waals surface area (Å²) >= 11 is 0. The van der Waals surface area contributed by atoms with Gasteiger partial charge in [0.2, 0.25) is 5.91 Å². The van der Waals surface area contributed by atoms with Crippen LogP contribution < -0.4 is 5.32 Å². The molecule has 0 aromatic rings. The first-order valence-corrected chi connectivity index (χ1v) is 5.19. The first kappa shape index (κ1) is 10.6. The number of carbonyl (C=O) groups is 1. The summed E-state index contributed by atoms with van der Waals surface area (Å²) in [6.45, 7) is 8.81. The quantitative estimate of drug-likeness (QED) is 0.613. The molecule has 0 aromatic heterocycles. The topological polar surface area (TPSA) is 29.1 Å². The molecular formula is C11H21NO. The van der Waals surface area contributed by atoms with E-state index >= 15 is 0 Å². The number of hydrogen-bond donors (Lipinski definition) is 1. The Morgan fingerprint density at radius 1 is 1.38 bits per heavy atom. The standard InChI is InChI=1S/C11H21NO/c1-8-5-6-10(13)12-9(7-8)11(2,3)4/h8-9H,5-7H2,1-4H3,(H,12,13). The summed E-state index contributed by atoms with van der Waals surface area (Å²) in [6.07, 6.45) is 2.86. The molecule has 76 valence electrons. The summed E-state index contributed by atoms with van der Waals surface area (Å²) in [5.74, 6) is 0.896. The molecular weight excluding hydrogens is 162 g/mol. The molecule has 0 saturated carbocycles. The van der Waals surface area contributed by atoms with E-state index in [1.54, 1.807) is 0 Å². The molecule has 1 rings (SSSR count). The molecule has 1 aliphatic rings. The minimum Gasteiger partial charge on any atom is -0.353 e. The van der Waals surface area contributed by atoms with Gasteiger partial charge < -0.3 is 5.32 Å². The highest BCUT2D eigenvalue weighted by molar-refractivity contribution is 5.76. The first-order valence-electron chi connectivity index (χ1n) is 5.19. The predicted octanol–water partition coefficient (Wildman–Crippen LogP) is 2.34. The predicted molar refractivity (Wildman–Crippen MR) is 54.4 cm³/mol. The Labute approximate surface area is 81.1 Å². The zero-order valence-electron chi connectivity index (χ0n) is 9.18. The third-order valence-electron chi connectivity index (χ3n) is 2.88. The molecule has 2 unspecified atom stereocenters. The molecule has 2 nitrogen and oxygen atoms in total. The normalized spacial score (nSPS) is 30.9. The lowest BCUT2D eigenvalue weighted by atomic mass is 9.82. The second-order valence-corrected chi connectivity index (χ2v) is 5.37. The maximum Gasteiger partial charge on any atom is 0.220 e. The maximum absolute atomic E-state index is 11.4. The Hall–Kier alpha value is -0.530. The van der Waals surface area contributed by atoms with Gasteiger partial charge in [0.25, 0.3) is 0 Å². The van der Waals surface area contributed by atoms with Crippen molar-refractivity contribution in [1.82, 2.24) is 5.32 Å². The Morgan fingerprint density at radius 2 is 2.00 bits per heavy atom. The van der Waals surface area contributed by atoms with E-state index in [0.29, 0.717) is 18.4 Å². The summed E-state index contributed by atoms with van der Waals surface area (Å²) < 4.78 is 0. The first-order chi connectivity index (χ1) is 5.89. The van der Waals surface area contributed by atoms with Crippen LogP contribution >= 0.6 is 0 Å². The largest absolute Gasteiger partial charge is 0.353 e. The van der Waals surface area contributed by atoms with Crippen molar-refractivity contribution in [2.75, 3.05) is 0 Å². The fourth-order valence-electron chi connectivity index (χ4n) is 1.79. The Kier molecular flexibility index (Phi) is 2.99. The van der Waals surface area contributed by atoms with E-state index in [4.69, 9.17) is 0 Å². The van der Waals surface area contributed by atoms with Crippen LogP contribution in [0, 0.1) is 11.3 Å². The summed E-state index contributed by atoms with van der Waals surface area (Å²) in [5, 5.41) is 3.11. The molecule has 2 heteroatoms. The van der Waals surface area contributed by atoms with Crippen LogP contribution in [0.4, 0.5) is 0 Å². The monoisotopic (exact) mass is 183 g/mol. The number of hydrogen-bond acceptors (Lipinski definition) is 1. The van der Waals surface area contributed by atoms with Crippen LogP contribution in [0.3, 0.4) is 0 Å². The molecule has 1 amide bonds. The van der Waals surface area contributed by atoms with Crippen LogP contribution in [0.15, 0.2) is 0 Å². The van der Waals surface area contributed by atoms with Crippen LogP contribution in [0.2, 0.25) is 0 Å². The van der Waals surface area contributed by atoms with E-state index in [1.807, 2.05) is 0 Å². The van der Waals surface area contributed by atoms with Gasteiger partial charge in [-0.3, -0.25) is 4.79 Å². The SMILES string of the molecule is CC1CCC(=O)NC(C(C)(C)C)C1. The van der Waals surface area contributed by atoms with E-state index in [1.165, 1.54) is 0 Å². The zero-order chi connectivity index (χ0) is 10.1. The van der Waals surface area contributed by atoms with E-state index in [-0.39, 0.29) is 11.3 Å². The van der Waals surface area contributed by atoms with Crippen LogP contribution in [0.1, 0.15) is 47.0 Å². The minimum absolute atomic E-state index is 0.189. The van der Waals surface area contributed by atoms with Crippen molar-refractivity contribution in [3.63, 3.8) is 0 Å². The zero-order valence-corrected chi connectivity index (χ0v) is 9.18. The van der Waals surface area contributed by atoms with Gasteiger partial charge in [-0.2, -0.15) is 0 Å². The third-order valence-corrected chi connectivity index (χ3v) is 2.88. The average molecular weight is 183 g/mol.